The van der Waals surface area contributed by atoms with E-state index in [9.17, 15) is 5.11 Å². The SMILES string of the molecule is CCO.COC(C)[O-].[Li+]. The van der Waals surface area contributed by atoms with Crippen molar-refractivity contribution >= 4 is 0 Å². The van der Waals surface area contributed by atoms with E-state index < -0.39 is 6.29 Å². The molecule has 1 atom stereocenters. The van der Waals surface area contributed by atoms with Crippen LogP contribution in [0.3, 0.4) is 0 Å². The second kappa shape index (κ2) is 15.8. The summed E-state index contributed by atoms with van der Waals surface area (Å²) in [6, 6.07) is 0. The van der Waals surface area contributed by atoms with E-state index in [2.05, 4.69) is 4.74 Å². The van der Waals surface area contributed by atoms with Gasteiger partial charge in [-0.25, -0.2) is 0 Å². The number of ether oxygens (including phenoxy) is 1. The van der Waals surface area contributed by atoms with Crippen molar-refractivity contribution in [2.45, 2.75) is 20.1 Å². The van der Waals surface area contributed by atoms with Crippen molar-refractivity contribution in [3.63, 3.8) is 0 Å². The van der Waals surface area contributed by atoms with Crippen LogP contribution in [0.15, 0.2) is 0 Å². The molecule has 0 aliphatic heterocycles. The van der Waals surface area contributed by atoms with Gasteiger partial charge in [0.2, 0.25) is 0 Å². The molecule has 0 amide bonds. The van der Waals surface area contributed by atoms with E-state index in [1.165, 1.54) is 14.0 Å². The zero-order chi connectivity index (χ0) is 6.99. The molecule has 3 nitrogen and oxygen atoms in total. The molecule has 0 bridgehead atoms. The van der Waals surface area contributed by atoms with Crippen molar-refractivity contribution in [2.24, 2.45) is 0 Å². The summed E-state index contributed by atoms with van der Waals surface area (Å²) in [5.74, 6) is 0. The molecule has 0 heterocycles. The quantitative estimate of drug-likeness (QED) is 0.292. The van der Waals surface area contributed by atoms with E-state index in [1.54, 1.807) is 6.92 Å². The Hall–Kier alpha value is 0.477. The van der Waals surface area contributed by atoms with Gasteiger partial charge in [-0.05, 0) is 13.2 Å². The smallest absolute Gasteiger partial charge is 0.831 e. The Morgan fingerprint density at radius 3 is 1.78 bits per heavy atom. The van der Waals surface area contributed by atoms with Gasteiger partial charge in [0.1, 0.15) is 0 Å². The molecule has 4 heteroatoms. The molecule has 0 saturated heterocycles. The maximum absolute atomic E-state index is 9.67. The van der Waals surface area contributed by atoms with Crippen LogP contribution < -0.4 is 24.0 Å². The fraction of sp³-hybridized carbons (Fsp3) is 1.00. The molecule has 1 unspecified atom stereocenters. The van der Waals surface area contributed by atoms with Gasteiger partial charge < -0.3 is 14.9 Å². The first-order valence-corrected chi connectivity index (χ1v) is 2.48. The van der Waals surface area contributed by atoms with Gasteiger partial charge in [0.05, 0.1) is 0 Å². The molecule has 0 fully saturated rings. The van der Waals surface area contributed by atoms with Gasteiger partial charge in [-0.1, -0.05) is 6.92 Å². The summed E-state index contributed by atoms with van der Waals surface area (Å²) >= 11 is 0. The molecule has 0 spiro atoms. The summed E-state index contributed by atoms with van der Waals surface area (Å²) in [7, 11) is 1.39. The first kappa shape index (κ1) is 16.2. The summed E-state index contributed by atoms with van der Waals surface area (Å²) in [5, 5.41) is 17.2. The summed E-state index contributed by atoms with van der Waals surface area (Å²) < 4.78 is 4.19. The zero-order valence-corrected chi connectivity index (χ0v) is 6.55. The first-order valence-electron chi connectivity index (χ1n) is 2.48. The summed E-state index contributed by atoms with van der Waals surface area (Å²) in [6.45, 7) is 3.38. The molecule has 0 radical (unpaired) electrons. The first-order chi connectivity index (χ1) is 3.68. The number of aliphatic hydroxyl groups excluding tert-OH is 1. The van der Waals surface area contributed by atoms with Crippen LogP contribution in [0.2, 0.25) is 0 Å². The third-order valence-corrected chi connectivity index (χ3v) is 0.332. The largest absolute Gasteiger partial charge is 1.00 e. The number of hydrogen-bond acceptors (Lipinski definition) is 3. The van der Waals surface area contributed by atoms with E-state index in [0.717, 1.165) is 0 Å². The number of aliphatic hydroxyl groups is 1. The maximum atomic E-state index is 9.67. The predicted molar refractivity (Wildman–Crippen MR) is 29.2 cm³/mol. The van der Waals surface area contributed by atoms with E-state index in [1.807, 2.05) is 0 Å². The van der Waals surface area contributed by atoms with E-state index in [-0.39, 0.29) is 25.5 Å². The fourth-order valence-corrected chi connectivity index (χ4v) is 0. The molecule has 0 rings (SSSR count). The van der Waals surface area contributed by atoms with Crippen molar-refractivity contribution in [1.29, 1.82) is 0 Å². The molecule has 0 aromatic rings. The van der Waals surface area contributed by atoms with Gasteiger partial charge in [-0.3, -0.25) is 0 Å². The van der Waals surface area contributed by atoms with Crippen LogP contribution in [-0.2, 0) is 4.74 Å². The van der Waals surface area contributed by atoms with Crippen molar-refractivity contribution in [1.82, 2.24) is 0 Å². The van der Waals surface area contributed by atoms with Crippen LogP contribution in [0.1, 0.15) is 13.8 Å². The topological polar surface area (TPSA) is 52.5 Å². The second-order valence-corrected chi connectivity index (χ2v) is 1.12. The Bertz CT molecular complexity index is 33.4. The van der Waals surface area contributed by atoms with Gasteiger partial charge in [0, 0.05) is 13.7 Å². The summed E-state index contributed by atoms with van der Waals surface area (Å²) in [5.41, 5.74) is 0. The van der Waals surface area contributed by atoms with Crippen molar-refractivity contribution in [2.75, 3.05) is 13.7 Å². The average Bonchev–Trinajstić information content (AvgIpc) is 1.69. The molecule has 0 aliphatic carbocycles. The molecule has 1 N–H and O–H groups in total. The van der Waals surface area contributed by atoms with Crippen LogP contribution in [0.4, 0.5) is 0 Å². The van der Waals surface area contributed by atoms with Crippen LogP contribution >= 0.6 is 0 Å². The van der Waals surface area contributed by atoms with E-state index in [4.69, 9.17) is 5.11 Å². The summed E-state index contributed by atoms with van der Waals surface area (Å²) in [4.78, 5) is 0. The third-order valence-electron chi connectivity index (χ3n) is 0.332. The molecule has 0 aromatic carbocycles. The Kier molecular flexibility index (Phi) is 28.5. The van der Waals surface area contributed by atoms with Crippen LogP contribution in [0, 0.1) is 0 Å². The zero-order valence-electron chi connectivity index (χ0n) is 6.55. The van der Waals surface area contributed by atoms with Crippen LogP contribution in [-0.4, -0.2) is 25.1 Å². The van der Waals surface area contributed by atoms with Crippen LogP contribution in [0.25, 0.3) is 0 Å². The Labute approximate surface area is 68.2 Å². The maximum Gasteiger partial charge on any atom is 1.00 e. The molecular formula is C5H13LiO3. The molecule has 0 aromatic heterocycles. The van der Waals surface area contributed by atoms with Gasteiger partial charge in [-0.15, -0.1) is 0 Å². The van der Waals surface area contributed by atoms with Crippen molar-refractivity contribution in [3.8, 4) is 0 Å². The molecule has 0 aliphatic rings. The monoisotopic (exact) mass is 128 g/mol. The minimum absolute atomic E-state index is 0. The molecular weight excluding hydrogens is 115 g/mol. The third kappa shape index (κ3) is 58.0. The predicted octanol–water partition coefficient (Wildman–Crippen LogP) is -3.66. The average molecular weight is 128 g/mol. The van der Waals surface area contributed by atoms with Gasteiger partial charge in [0.15, 0.2) is 0 Å². The Morgan fingerprint density at radius 1 is 1.67 bits per heavy atom. The minimum Gasteiger partial charge on any atom is -0.831 e. The Morgan fingerprint density at radius 2 is 1.78 bits per heavy atom. The van der Waals surface area contributed by atoms with Gasteiger partial charge >= 0.3 is 18.9 Å². The normalized spacial score (nSPS) is 10.3. The molecule has 0 saturated carbocycles. The van der Waals surface area contributed by atoms with Crippen molar-refractivity contribution in [3.05, 3.63) is 0 Å². The van der Waals surface area contributed by atoms with Gasteiger partial charge in [-0.2, -0.15) is 0 Å². The number of methoxy groups -OCH3 is 1. The Balaban J connectivity index is -0.0000000800. The van der Waals surface area contributed by atoms with Crippen LogP contribution in [0.5, 0.6) is 0 Å². The standard InChI is InChI=1S/C3H7O2.C2H6O.Li/c1-3(4)5-2;1-2-3;/h3H,1-2H3;3H,2H2,1H3;/q-1;;+1. The van der Waals surface area contributed by atoms with E-state index in [0.29, 0.717) is 0 Å². The molecule has 9 heavy (non-hydrogen) atoms. The van der Waals surface area contributed by atoms with Crippen molar-refractivity contribution < 1.29 is 33.8 Å². The van der Waals surface area contributed by atoms with Gasteiger partial charge in [0.25, 0.3) is 0 Å². The summed E-state index contributed by atoms with van der Waals surface area (Å²) in [6.07, 6.45) is -0.866. The minimum atomic E-state index is -0.866. The molecule has 52 valence electrons. The number of rotatable bonds is 1. The fourth-order valence-electron chi connectivity index (χ4n) is 0. The number of hydrogen-bond donors (Lipinski definition) is 1. The van der Waals surface area contributed by atoms with E-state index >= 15 is 0 Å². The second-order valence-electron chi connectivity index (χ2n) is 1.12.